The van der Waals surface area contributed by atoms with Crippen molar-refractivity contribution in [1.82, 2.24) is 0 Å². The molecule has 0 saturated heterocycles. The van der Waals surface area contributed by atoms with E-state index in [-0.39, 0.29) is 5.17 Å². The van der Waals surface area contributed by atoms with Crippen LogP contribution in [0.25, 0.3) is 5.53 Å². The molecule has 3 N–H and O–H groups in total. The molecule has 86 valence electrons. The van der Waals surface area contributed by atoms with Crippen molar-refractivity contribution in [3.63, 3.8) is 0 Å². The summed E-state index contributed by atoms with van der Waals surface area (Å²) >= 11 is 0. The largest absolute Gasteiger partial charge is 0.431 e. The van der Waals surface area contributed by atoms with Crippen LogP contribution < -0.4 is 10.6 Å². The molecule has 1 atom stereocenters. The molecule has 1 saturated carbocycles. The highest BCUT2D eigenvalue weighted by atomic mass is 16.6. The number of rotatable bonds is 1. The summed E-state index contributed by atoms with van der Waals surface area (Å²) in [6.07, 6.45) is 3.85. The van der Waals surface area contributed by atoms with Gasteiger partial charge in [-0.2, -0.15) is 0 Å². The molecule has 1 unspecified atom stereocenters. The lowest BCUT2D eigenvalue weighted by Gasteiger charge is -2.29. The predicted molar refractivity (Wildman–Crippen MR) is 61.9 cm³/mol. The summed E-state index contributed by atoms with van der Waals surface area (Å²) in [6, 6.07) is 2.02. The molecule has 16 heavy (non-hydrogen) atoms. The van der Waals surface area contributed by atoms with Crippen molar-refractivity contribution in [3.05, 3.63) is 28.3 Å². The first-order chi connectivity index (χ1) is 7.68. The second-order valence-electron chi connectivity index (χ2n) is 4.83. The Morgan fingerprint density at radius 1 is 1.44 bits per heavy atom. The molecule has 1 aliphatic heterocycles. The molecule has 0 radical (unpaired) electrons. The molecular weight excluding hydrogens is 202 g/mol. The topological polar surface area (TPSA) is 50.8 Å². The Labute approximate surface area is 95.2 Å². The van der Waals surface area contributed by atoms with Crippen LogP contribution in [-0.4, -0.2) is 5.21 Å². The van der Waals surface area contributed by atoms with E-state index in [1.807, 2.05) is 6.07 Å². The molecule has 4 nitrogen and oxygen atoms in total. The minimum Gasteiger partial charge on any atom is -0.431 e. The number of nitrogens with zero attached hydrogens (tertiary/aromatic N) is 1. The van der Waals surface area contributed by atoms with E-state index in [4.69, 9.17) is 0 Å². The Morgan fingerprint density at radius 2 is 2.19 bits per heavy atom. The number of aryl methyl sites for hydroxylation is 1. The summed E-state index contributed by atoms with van der Waals surface area (Å²) in [4.78, 5) is 0. The average Bonchev–Trinajstić information content (AvgIpc) is 2.52. The van der Waals surface area contributed by atoms with Crippen molar-refractivity contribution in [1.29, 1.82) is 0 Å². The molecule has 2 aliphatic rings. The maximum atomic E-state index is 9.68. The molecule has 1 aromatic carbocycles. The van der Waals surface area contributed by atoms with E-state index in [2.05, 4.69) is 24.8 Å². The number of quaternary nitrogens is 1. The summed E-state index contributed by atoms with van der Waals surface area (Å²) < 4.78 is 0. The van der Waals surface area contributed by atoms with Crippen LogP contribution in [0.4, 0.5) is 11.4 Å². The highest BCUT2D eigenvalue weighted by molar-refractivity contribution is 5.73. The fourth-order valence-corrected chi connectivity index (χ4v) is 2.62. The lowest BCUT2D eigenvalue weighted by Crippen LogP contribution is -2.98. The molecule has 3 rings (SSSR count). The number of nitrogens with one attached hydrogen (secondary N) is 2. The number of fused-ring (bicyclic) bond motifs is 1. The Kier molecular flexibility index (Phi) is 2.17. The van der Waals surface area contributed by atoms with E-state index in [0.29, 0.717) is 5.92 Å². The van der Waals surface area contributed by atoms with Crippen molar-refractivity contribution < 1.29 is 10.4 Å². The molecular formula is C12H17N3O. The van der Waals surface area contributed by atoms with E-state index in [0.717, 1.165) is 11.4 Å². The van der Waals surface area contributed by atoms with Gasteiger partial charge in [-0.05, 0) is 49.3 Å². The zero-order valence-corrected chi connectivity index (χ0v) is 9.67. The maximum absolute atomic E-state index is 9.68. The van der Waals surface area contributed by atoms with E-state index in [9.17, 15) is 5.21 Å². The first-order valence-corrected chi connectivity index (χ1v) is 5.85. The van der Waals surface area contributed by atoms with Crippen molar-refractivity contribution >= 4 is 11.4 Å². The molecule has 1 heterocycles. The summed E-state index contributed by atoms with van der Waals surface area (Å²) in [5.41, 5.74) is 12.7. The Morgan fingerprint density at radius 3 is 2.81 bits per heavy atom. The van der Waals surface area contributed by atoms with Gasteiger partial charge in [0.15, 0.2) is 5.69 Å². The maximum Gasteiger partial charge on any atom is 0.177 e. The van der Waals surface area contributed by atoms with E-state index in [1.165, 1.54) is 36.0 Å². The summed E-state index contributed by atoms with van der Waals surface area (Å²) in [7, 11) is 0. The van der Waals surface area contributed by atoms with Crippen LogP contribution in [0.15, 0.2) is 6.07 Å². The van der Waals surface area contributed by atoms with Crippen LogP contribution in [0.1, 0.15) is 41.9 Å². The standard InChI is InChI=1S/C12H17N3O/c1-7-6-10-12(13-14-15(10)16)11(8(7)2)9-4-3-5-9/h6,9,13,15-16H,3-5H2,1-2H3. The molecule has 1 aromatic rings. The van der Waals surface area contributed by atoms with E-state index in [1.54, 1.807) is 0 Å². The number of hydrogen-bond donors (Lipinski definition) is 3. The van der Waals surface area contributed by atoms with Crippen molar-refractivity contribution in [2.75, 3.05) is 5.43 Å². The molecule has 0 bridgehead atoms. The first-order valence-electron chi connectivity index (χ1n) is 5.85. The van der Waals surface area contributed by atoms with Gasteiger partial charge in [-0.15, -0.1) is 0 Å². The second kappa shape index (κ2) is 3.45. The third kappa shape index (κ3) is 1.27. The van der Waals surface area contributed by atoms with E-state index < -0.39 is 0 Å². The lowest BCUT2D eigenvalue weighted by molar-refractivity contribution is -0.998. The molecule has 1 aliphatic carbocycles. The van der Waals surface area contributed by atoms with Gasteiger partial charge in [0, 0.05) is 6.07 Å². The van der Waals surface area contributed by atoms with Crippen LogP contribution >= 0.6 is 0 Å². The minimum absolute atomic E-state index is 0.124. The number of benzene rings is 1. The number of anilines is 1. The normalized spacial score (nSPS) is 23.8. The lowest BCUT2D eigenvalue weighted by atomic mass is 9.76. The third-order valence-electron chi connectivity index (χ3n) is 3.92. The van der Waals surface area contributed by atoms with Crippen LogP contribution in [0, 0.1) is 13.8 Å². The van der Waals surface area contributed by atoms with Gasteiger partial charge in [0.25, 0.3) is 0 Å². The molecule has 4 heteroatoms. The van der Waals surface area contributed by atoms with Gasteiger partial charge in [-0.25, -0.2) is 10.4 Å². The summed E-state index contributed by atoms with van der Waals surface area (Å²) in [6.45, 7) is 4.27. The van der Waals surface area contributed by atoms with Crippen LogP contribution in [0.5, 0.6) is 0 Å². The highest BCUT2D eigenvalue weighted by Gasteiger charge is 2.29. The van der Waals surface area contributed by atoms with Crippen LogP contribution in [0.2, 0.25) is 0 Å². The first kappa shape index (κ1) is 10.1. The molecule has 0 amide bonds. The smallest absolute Gasteiger partial charge is 0.177 e. The van der Waals surface area contributed by atoms with Gasteiger partial charge in [-0.3, -0.25) is 0 Å². The van der Waals surface area contributed by atoms with Gasteiger partial charge in [0.1, 0.15) is 0 Å². The van der Waals surface area contributed by atoms with Crippen molar-refractivity contribution in [2.45, 2.75) is 39.0 Å². The van der Waals surface area contributed by atoms with Crippen molar-refractivity contribution in [2.24, 2.45) is 0 Å². The third-order valence-corrected chi connectivity index (χ3v) is 3.92. The van der Waals surface area contributed by atoms with Crippen LogP contribution in [-0.2, 0) is 0 Å². The van der Waals surface area contributed by atoms with Gasteiger partial charge in [0.05, 0.1) is 5.69 Å². The molecule has 0 spiro atoms. The highest BCUT2D eigenvalue weighted by Crippen LogP contribution is 2.45. The fraction of sp³-hybridized carbons (Fsp3) is 0.500. The quantitative estimate of drug-likeness (QED) is 0.677. The molecule has 0 aromatic heterocycles. The van der Waals surface area contributed by atoms with Gasteiger partial charge >= 0.3 is 0 Å². The van der Waals surface area contributed by atoms with Crippen LogP contribution in [0.3, 0.4) is 0 Å². The second-order valence-corrected chi connectivity index (χ2v) is 4.83. The summed E-state index contributed by atoms with van der Waals surface area (Å²) in [5, 5.41) is 9.80. The monoisotopic (exact) mass is 219 g/mol. The van der Waals surface area contributed by atoms with Gasteiger partial charge < -0.3 is 11.0 Å². The number of hydrogen-bond acceptors (Lipinski definition) is 2. The Hall–Kier alpha value is -1.10. The zero-order valence-electron chi connectivity index (χ0n) is 9.67. The van der Waals surface area contributed by atoms with E-state index >= 15 is 0 Å². The Bertz CT molecular complexity index is 440. The summed E-state index contributed by atoms with van der Waals surface area (Å²) in [5.74, 6) is 0.655. The zero-order chi connectivity index (χ0) is 11.3. The minimum atomic E-state index is 0.124. The molecule has 1 fully saturated rings. The van der Waals surface area contributed by atoms with Gasteiger partial charge in [0.2, 0.25) is 0 Å². The SMILES string of the molecule is Cc1cc2c(c(C3CCC3)c1C)N[N-][NH+]2O. The average molecular weight is 219 g/mol. The fourth-order valence-electron chi connectivity index (χ4n) is 2.62. The van der Waals surface area contributed by atoms with Crippen molar-refractivity contribution in [3.8, 4) is 0 Å². The Balaban J connectivity index is 2.17. The van der Waals surface area contributed by atoms with Gasteiger partial charge in [-0.1, -0.05) is 6.42 Å². The predicted octanol–water partition coefficient (Wildman–Crippen LogP) is 2.11.